The van der Waals surface area contributed by atoms with Gasteiger partial charge in [-0.15, -0.1) is 0 Å². The number of hydrogen-bond acceptors (Lipinski definition) is 5. The zero-order valence-corrected chi connectivity index (χ0v) is 11.2. The minimum Gasteiger partial charge on any atom is -0.381 e. The van der Waals surface area contributed by atoms with Crippen molar-refractivity contribution in [2.45, 2.75) is 19.8 Å². The first-order chi connectivity index (χ1) is 9.15. The van der Waals surface area contributed by atoms with E-state index in [1.807, 2.05) is 0 Å². The summed E-state index contributed by atoms with van der Waals surface area (Å²) in [7, 11) is 0. The molecule has 0 unspecified atom stereocenters. The molecule has 1 aliphatic heterocycles. The van der Waals surface area contributed by atoms with Crippen molar-refractivity contribution in [2.75, 3.05) is 31.5 Å². The van der Waals surface area contributed by atoms with Crippen LogP contribution in [0, 0.1) is 16.0 Å². The molecule has 19 heavy (non-hydrogen) atoms. The van der Waals surface area contributed by atoms with Crippen LogP contribution >= 0.6 is 0 Å². The molecule has 1 aromatic heterocycles. The number of pyridine rings is 1. The number of nitrogens with one attached hydrogen (secondary N) is 1. The topological polar surface area (TPSA) is 71.3 Å². The molecule has 0 spiro atoms. The van der Waals surface area contributed by atoms with Gasteiger partial charge in [-0.3, -0.25) is 0 Å². The Labute approximate surface area is 113 Å². The molecule has 104 valence electrons. The molecule has 0 amide bonds. The first-order valence-electron chi connectivity index (χ1n) is 6.72. The van der Waals surface area contributed by atoms with E-state index in [4.69, 9.17) is 0 Å². The van der Waals surface area contributed by atoms with Crippen LogP contribution in [0.25, 0.3) is 0 Å². The summed E-state index contributed by atoms with van der Waals surface area (Å²) < 4.78 is 0. The lowest BCUT2D eigenvalue weighted by Crippen LogP contribution is -2.36. The van der Waals surface area contributed by atoms with Gasteiger partial charge in [0.15, 0.2) is 6.20 Å². The highest BCUT2D eigenvalue weighted by molar-refractivity contribution is 5.43. The molecule has 1 aromatic rings. The van der Waals surface area contributed by atoms with Crippen LogP contribution in [0.3, 0.4) is 0 Å². The summed E-state index contributed by atoms with van der Waals surface area (Å²) in [6, 6.07) is 3.12. The number of rotatable bonds is 5. The molecule has 0 aliphatic carbocycles. The van der Waals surface area contributed by atoms with E-state index in [0.29, 0.717) is 0 Å². The average molecular weight is 264 g/mol. The van der Waals surface area contributed by atoms with Gasteiger partial charge in [0.05, 0.1) is 5.69 Å². The SMILES string of the molecule is CC1CCN(CCNc2ccc([N+](=O)[O-])nc2)CC1. The summed E-state index contributed by atoms with van der Waals surface area (Å²) in [6.45, 7) is 6.48. The normalized spacial score (nSPS) is 17.3. The van der Waals surface area contributed by atoms with E-state index in [9.17, 15) is 10.1 Å². The Morgan fingerprint density at radius 3 is 2.79 bits per heavy atom. The van der Waals surface area contributed by atoms with Crippen molar-refractivity contribution in [1.82, 2.24) is 9.88 Å². The predicted octanol–water partition coefficient (Wildman–Crippen LogP) is 2.13. The minimum atomic E-state index is -0.487. The van der Waals surface area contributed by atoms with Crippen LogP contribution in [0.5, 0.6) is 0 Å². The van der Waals surface area contributed by atoms with E-state index in [1.54, 1.807) is 6.07 Å². The second-order valence-electron chi connectivity index (χ2n) is 5.11. The smallest absolute Gasteiger partial charge is 0.363 e. The van der Waals surface area contributed by atoms with E-state index in [-0.39, 0.29) is 5.82 Å². The first kappa shape index (κ1) is 13.7. The molecule has 0 atom stereocenters. The van der Waals surface area contributed by atoms with Gasteiger partial charge in [-0.25, -0.2) is 0 Å². The number of hydrogen-bond donors (Lipinski definition) is 1. The molecule has 2 heterocycles. The quantitative estimate of drug-likeness (QED) is 0.651. The van der Waals surface area contributed by atoms with Crippen molar-refractivity contribution in [3.05, 3.63) is 28.4 Å². The van der Waals surface area contributed by atoms with Crippen molar-refractivity contribution < 1.29 is 4.92 Å². The van der Waals surface area contributed by atoms with Crippen LogP contribution in [0.1, 0.15) is 19.8 Å². The molecule has 0 saturated carbocycles. The van der Waals surface area contributed by atoms with Crippen LogP contribution in [0.2, 0.25) is 0 Å². The average Bonchev–Trinajstić information content (AvgIpc) is 2.41. The molecule has 2 rings (SSSR count). The molecule has 6 nitrogen and oxygen atoms in total. The second kappa shape index (κ2) is 6.47. The molecule has 6 heteroatoms. The molecule has 0 radical (unpaired) electrons. The zero-order chi connectivity index (χ0) is 13.7. The van der Waals surface area contributed by atoms with Gasteiger partial charge in [0.1, 0.15) is 0 Å². The van der Waals surface area contributed by atoms with Crippen LogP contribution in [0.4, 0.5) is 11.5 Å². The fourth-order valence-corrected chi connectivity index (χ4v) is 2.24. The maximum Gasteiger partial charge on any atom is 0.363 e. The summed E-state index contributed by atoms with van der Waals surface area (Å²) in [6.07, 6.45) is 4.06. The maximum atomic E-state index is 10.5. The van der Waals surface area contributed by atoms with Gasteiger partial charge in [-0.2, -0.15) is 0 Å². The Morgan fingerprint density at radius 1 is 1.47 bits per heavy atom. The monoisotopic (exact) mass is 264 g/mol. The largest absolute Gasteiger partial charge is 0.381 e. The Balaban J connectivity index is 1.72. The summed E-state index contributed by atoms with van der Waals surface area (Å²) in [5, 5.41) is 13.7. The summed E-state index contributed by atoms with van der Waals surface area (Å²) in [5.41, 5.74) is 0.830. The summed E-state index contributed by atoms with van der Waals surface area (Å²) >= 11 is 0. The van der Waals surface area contributed by atoms with Crippen molar-refractivity contribution in [1.29, 1.82) is 0 Å². The third-order valence-electron chi connectivity index (χ3n) is 3.57. The molecular formula is C13H20N4O2. The van der Waals surface area contributed by atoms with Crippen LogP contribution in [-0.4, -0.2) is 41.0 Å². The highest BCUT2D eigenvalue weighted by Gasteiger charge is 2.14. The highest BCUT2D eigenvalue weighted by atomic mass is 16.6. The van der Waals surface area contributed by atoms with Crippen LogP contribution in [0.15, 0.2) is 18.3 Å². The third-order valence-corrected chi connectivity index (χ3v) is 3.57. The van der Waals surface area contributed by atoms with E-state index < -0.39 is 4.92 Å². The Morgan fingerprint density at radius 2 is 2.21 bits per heavy atom. The summed E-state index contributed by atoms with van der Waals surface area (Å²) in [4.78, 5) is 16.2. The van der Waals surface area contributed by atoms with Crippen molar-refractivity contribution in [2.24, 2.45) is 5.92 Å². The molecule has 1 N–H and O–H groups in total. The van der Waals surface area contributed by atoms with E-state index in [1.165, 1.54) is 38.2 Å². The van der Waals surface area contributed by atoms with Crippen molar-refractivity contribution in [3.8, 4) is 0 Å². The van der Waals surface area contributed by atoms with E-state index in [2.05, 4.69) is 22.1 Å². The number of likely N-dealkylation sites (tertiary alicyclic amines) is 1. The summed E-state index contributed by atoms with van der Waals surface area (Å²) in [5.74, 6) is 0.735. The fraction of sp³-hybridized carbons (Fsp3) is 0.615. The van der Waals surface area contributed by atoms with Gasteiger partial charge in [0.2, 0.25) is 0 Å². The highest BCUT2D eigenvalue weighted by Crippen LogP contribution is 2.15. The van der Waals surface area contributed by atoms with E-state index >= 15 is 0 Å². The lowest BCUT2D eigenvalue weighted by atomic mass is 9.99. The number of anilines is 1. The molecule has 0 aromatic carbocycles. The number of aromatic nitrogens is 1. The van der Waals surface area contributed by atoms with Crippen LogP contribution in [-0.2, 0) is 0 Å². The van der Waals surface area contributed by atoms with Crippen molar-refractivity contribution >= 4 is 11.5 Å². The van der Waals surface area contributed by atoms with Crippen molar-refractivity contribution in [3.63, 3.8) is 0 Å². The standard InChI is InChI=1S/C13H20N4O2/c1-11-4-7-16(8-5-11)9-6-14-12-2-3-13(15-10-12)17(18)19/h2-3,10-11,14H,4-9H2,1H3. The number of nitrogens with zero attached hydrogens (tertiary/aromatic N) is 3. The fourth-order valence-electron chi connectivity index (χ4n) is 2.24. The van der Waals surface area contributed by atoms with Gasteiger partial charge in [0, 0.05) is 19.2 Å². The zero-order valence-electron chi connectivity index (χ0n) is 11.2. The number of piperidine rings is 1. The van der Waals surface area contributed by atoms with Gasteiger partial charge in [-0.1, -0.05) is 6.92 Å². The maximum absolute atomic E-state index is 10.5. The van der Waals surface area contributed by atoms with Gasteiger partial charge in [0.25, 0.3) is 0 Å². The Kier molecular flexibility index (Phi) is 4.68. The van der Waals surface area contributed by atoms with E-state index in [0.717, 1.165) is 24.7 Å². The minimum absolute atomic E-state index is 0.115. The van der Waals surface area contributed by atoms with Crippen LogP contribution < -0.4 is 5.32 Å². The second-order valence-corrected chi connectivity index (χ2v) is 5.11. The molecular weight excluding hydrogens is 244 g/mol. The molecule has 1 saturated heterocycles. The Hall–Kier alpha value is -1.69. The predicted molar refractivity (Wildman–Crippen MR) is 74.2 cm³/mol. The van der Waals surface area contributed by atoms with Gasteiger partial charge >= 0.3 is 5.82 Å². The molecule has 1 aliphatic rings. The van der Waals surface area contributed by atoms with Gasteiger partial charge < -0.3 is 20.3 Å². The lowest BCUT2D eigenvalue weighted by molar-refractivity contribution is -0.389. The molecule has 0 bridgehead atoms. The first-order valence-corrected chi connectivity index (χ1v) is 6.72. The lowest BCUT2D eigenvalue weighted by Gasteiger charge is -2.30. The third kappa shape index (κ3) is 4.17. The molecule has 1 fully saturated rings. The van der Waals surface area contributed by atoms with Gasteiger partial charge in [-0.05, 0) is 47.8 Å². The number of nitro groups is 1. The Bertz CT molecular complexity index is 413.